The summed E-state index contributed by atoms with van der Waals surface area (Å²) in [5, 5.41) is 4.35. The van der Waals surface area contributed by atoms with Gasteiger partial charge in [0, 0.05) is 15.6 Å². The Morgan fingerprint density at radius 1 is 1.11 bits per heavy atom. The monoisotopic (exact) mass is 297 g/mol. The largest absolute Gasteiger partial charge is 0.306 e. The lowest BCUT2D eigenvalue weighted by Crippen LogP contribution is -2.23. The van der Waals surface area contributed by atoms with E-state index >= 15 is 0 Å². The highest BCUT2D eigenvalue weighted by Gasteiger charge is 2.19. The van der Waals surface area contributed by atoms with E-state index in [2.05, 4.69) is 5.32 Å². The van der Waals surface area contributed by atoms with Gasteiger partial charge >= 0.3 is 0 Å². The predicted octanol–water partition coefficient (Wildman–Crippen LogP) is 4.83. The van der Waals surface area contributed by atoms with Gasteiger partial charge in [-0.3, -0.25) is 0 Å². The van der Waals surface area contributed by atoms with Crippen molar-refractivity contribution in [2.24, 2.45) is 0 Å². The lowest BCUT2D eigenvalue weighted by Gasteiger charge is -2.20. The van der Waals surface area contributed by atoms with Crippen LogP contribution in [-0.2, 0) is 0 Å². The summed E-state index contributed by atoms with van der Waals surface area (Å²) in [5.41, 5.74) is 1.39. The van der Waals surface area contributed by atoms with Crippen molar-refractivity contribution in [1.82, 2.24) is 5.32 Å². The van der Waals surface area contributed by atoms with Gasteiger partial charge in [-0.25, -0.2) is 4.39 Å². The molecule has 19 heavy (non-hydrogen) atoms. The Morgan fingerprint density at radius 2 is 1.84 bits per heavy atom. The zero-order valence-electron chi connectivity index (χ0n) is 10.5. The molecule has 0 amide bonds. The SMILES string of the molecule is CCNC(c1ccccc1F)c1ccc(Cl)cc1Cl. The predicted molar refractivity (Wildman–Crippen MR) is 78.4 cm³/mol. The Kier molecular flexibility index (Phi) is 4.81. The van der Waals surface area contributed by atoms with E-state index in [9.17, 15) is 4.39 Å². The van der Waals surface area contributed by atoms with E-state index in [4.69, 9.17) is 23.2 Å². The van der Waals surface area contributed by atoms with Crippen molar-refractivity contribution in [2.45, 2.75) is 13.0 Å². The molecule has 2 aromatic rings. The molecule has 1 nitrogen and oxygen atoms in total. The Bertz CT molecular complexity index is 572. The average molecular weight is 298 g/mol. The summed E-state index contributed by atoms with van der Waals surface area (Å²) in [4.78, 5) is 0. The van der Waals surface area contributed by atoms with Gasteiger partial charge in [-0.1, -0.05) is 54.4 Å². The van der Waals surface area contributed by atoms with Crippen LogP contribution in [0.15, 0.2) is 42.5 Å². The molecule has 2 aromatic carbocycles. The molecule has 0 radical (unpaired) electrons. The van der Waals surface area contributed by atoms with Crippen LogP contribution in [-0.4, -0.2) is 6.54 Å². The summed E-state index contributed by atoms with van der Waals surface area (Å²) >= 11 is 12.1. The molecule has 2 rings (SSSR count). The molecule has 0 aliphatic carbocycles. The molecule has 0 heterocycles. The minimum absolute atomic E-state index is 0.250. The molecule has 0 spiro atoms. The molecule has 0 bridgehead atoms. The van der Waals surface area contributed by atoms with Crippen LogP contribution in [0, 0.1) is 5.82 Å². The van der Waals surface area contributed by atoms with Gasteiger partial charge in [-0.15, -0.1) is 0 Å². The van der Waals surface area contributed by atoms with Gasteiger partial charge in [0.05, 0.1) is 6.04 Å². The number of rotatable bonds is 4. The molecule has 0 fully saturated rings. The first-order valence-corrected chi connectivity index (χ1v) is 6.81. The first-order chi connectivity index (χ1) is 9.13. The van der Waals surface area contributed by atoms with E-state index in [-0.39, 0.29) is 11.9 Å². The van der Waals surface area contributed by atoms with E-state index in [1.54, 1.807) is 24.3 Å². The lowest BCUT2D eigenvalue weighted by molar-refractivity contribution is 0.559. The van der Waals surface area contributed by atoms with E-state index in [1.165, 1.54) is 6.07 Å². The molecule has 1 N–H and O–H groups in total. The number of nitrogens with one attached hydrogen (secondary N) is 1. The third-order valence-electron chi connectivity index (χ3n) is 2.90. The highest BCUT2D eigenvalue weighted by molar-refractivity contribution is 6.35. The highest BCUT2D eigenvalue weighted by Crippen LogP contribution is 2.31. The molecule has 100 valence electrons. The molecule has 0 aromatic heterocycles. The van der Waals surface area contributed by atoms with Gasteiger partial charge in [0.2, 0.25) is 0 Å². The third-order valence-corrected chi connectivity index (χ3v) is 3.46. The van der Waals surface area contributed by atoms with Crippen LogP contribution >= 0.6 is 23.2 Å². The van der Waals surface area contributed by atoms with Crippen LogP contribution in [0.25, 0.3) is 0 Å². The number of hydrogen-bond acceptors (Lipinski definition) is 1. The van der Waals surface area contributed by atoms with Crippen LogP contribution in [0.3, 0.4) is 0 Å². The molecule has 0 saturated carbocycles. The van der Waals surface area contributed by atoms with Crippen LogP contribution in [0.4, 0.5) is 4.39 Å². The summed E-state index contributed by atoms with van der Waals surface area (Å²) in [6.07, 6.45) is 0. The van der Waals surface area contributed by atoms with Gasteiger partial charge in [-0.2, -0.15) is 0 Å². The maximum atomic E-state index is 14.0. The second-order valence-electron chi connectivity index (χ2n) is 4.18. The van der Waals surface area contributed by atoms with Crippen LogP contribution in [0.5, 0.6) is 0 Å². The Labute approximate surface area is 122 Å². The third kappa shape index (κ3) is 3.27. The Morgan fingerprint density at radius 3 is 2.47 bits per heavy atom. The summed E-state index contributed by atoms with van der Waals surface area (Å²) in [5.74, 6) is -0.250. The minimum Gasteiger partial charge on any atom is -0.306 e. The van der Waals surface area contributed by atoms with Gasteiger partial charge in [0.1, 0.15) is 5.82 Å². The molecule has 1 unspecified atom stereocenters. The van der Waals surface area contributed by atoms with Gasteiger partial charge in [-0.05, 0) is 30.3 Å². The number of halogens is 3. The van der Waals surface area contributed by atoms with Crippen molar-refractivity contribution < 1.29 is 4.39 Å². The van der Waals surface area contributed by atoms with Crippen molar-refractivity contribution in [2.75, 3.05) is 6.54 Å². The van der Waals surface area contributed by atoms with Crippen molar-refractivity contribution in [1.29, 1.82) is 0 Å². The topological polar surface area (TPSA) is 12.0 Å². The summed E-state index contributed by atoms with van der Waals surface area (Å²) in [6.45, 7) is 2.68. The molecular weight excluding hydrogens is 284 g/mol. The second-order valence-corrected chi connectivity index (χ2v) is 5.02. The Hall–Kier alpha value is -1.09. The van der Waals surface area contributed by atoms with Crippen LogP contribution in [0.1, 0.15) is 24.1 Å². The second kappa shape index (κ2) is 6.38. The van der Waals surface area contributed by atoms with Crippen molar-refractivity contribution in [3.8, 4) is 0 Å². The maximum absolute atomic E-state index is 14.0. The number of benzene rings is 2. The summed E-state index contributed by atoms with van der Waals surface area (Å²) in [7, 11) is 0. The van der Waals surface area contributed by atoms with Crippen molar-refractivity contribution in [3.63, 3.8) is 0 Å². The van der Waals surface area contributed by atoms with Gasteiger partial charge in [0.25, 0.3) is 0 Å². The van der Waals surface area contributed by atoms with E-state index in [0.29, 0.717) is 22.2 Å². The molecule has 0 saturated heterocycles. The normalized spacial score (nSPS) is 12.4. The fraction of sp³-hybridized carbons (Fsp3) is 0.200. The lowest BCUT2D eigenvalue weighted by atomic mass is 9.98. The summed E-state index contributed by atoms with van der Waals surface area (Å²) in [6, 6.07) is 11.7. The molecule has 1 atom stereocenters. The average Bonchev–Trinajstić information content (AvgIpc) is 2.38. The highest BCUT2D eigenvalue weighted by atomic mass is 35.5. The van der Waals surface area contributed by atoms with Gasteiger partial charge < -0.3 is 5.32 Å². The van der Waals surface area contributed by atoms with E-state index < -0.39 is 0 Å². The zero-order valence-corrected chi connectivity index (χ0v) is 12.0. The smallest absolute Gasteiger partial charge is 0.128 e. The standard InChI is InChI=1S/C15H14Cl2FN/c1-2-19-15(12-5-3-4-6-14(12)18)11-8-7-10(16)9-13(11)17/h3-9,15,19H,2H2,1H3. The van der Waals surface area contributed by atoms with Crippen LogP contribution in [0.2, 0.25) is 10.0 Å². The molecule has 4 heteroatoms. The molecular formula is C15H14Cl2FN. The van der Waals surface area contributed by atoms with Gasteiger partial charge in [0.15, 0.2) is 0 Å². The van der Waals surface area contributed by atoms with Crippen molar-refractivity contribution in [3.05, 3.63) is 69.5 Å². The fourth-order valence-electron chi connectivity index (χ4n) is 2.04. The van der Waals surface area contributed by atoms with E-state index in [0.717, 1.165) is 5.56 Å². The molecule has 0 aliphatic rings. The summed E-state index contributed by atoms with van der Waals surface area (Å²) < 4.78 is 14.0. The zero-order chi connectivity index (χ0) is 13.8. The first kappa shape index (κ1) is 14.3. The van der Waals surface area contributed by atoms with E-state index in [1.807, 2.05) is 19.1 Å². The maximum Gasteiger partial charge on any atom is 0.128 e. The van der Waals surface area contributed by atoms with Crippen LogP contribution < -0.4 is 5.32 Å². The first-order valence-electron chi connectivity index (χ1n) is 6.06. The molecule has 0 aliphatic heterocycles. The number of hydrogen-bond donors (Lipinski definition) is 1. The van der Waals surface area contributed by atoms with Crippen molar-refractivity contribution >= 4 is 23.2 Å². The quantitative estimate of drug-likeness (QED) is 0.852. The Balaban J connectivity index is 2.48. The fourth-order valence-corrected chi connectivity index (χ4v) is 2.55. The minimum atomic E-state index is -0.282.